The molecular formula is C10H20N2O3. The summed E-state index contributed by atoms with van der Waals surface area (Å²) in [5, 5.41) is 5.94. The molecule has 0 heterocycles. The van der Waals surface area contributed by atoms with Gasteiger partial charge in [0.15, 0.2) is 0 Å². The SMILES string of the molecule is COCC(CNCC(=O)NC1CC1)OC. The molecule has 0 aromatic carbocycles. The highest BCUT2D eigenvalue weighted by atomic mass is 16.5. The third-order valence-corrected chi connectivity index (χ3v) is 2.29. The van der Waals surface area contributed by atoms with E-state index < -0.39 is 0 Å². The Morgan fingerprint density at radius 3 is 2.73 bits per heavy atom. The summed E-state index contributed by atoms with van der Waals surface area (Å²) >= 11 is 0. The number of methoxy groups -OCH3 is 2. The van der Waals surface area contributed by atoms with E-state index >= 15 is 0 Å². The number of carbonyl (C=O) groups is 1. The molecule has 1 amide bonds. The monoisotopic (exact) mass is 216 g/mol. The highest BCUT2D eigenvalue weighted by Gasteiger charge is 2.22. The normalized spacial score (nSPS) is 17.5. The second-order valence-corrected chi connectivity index (χ2v) is 3.79. The minimum absolute atomic E-state index is 0.00345. The lowest BCUT2D eigenvalue weighted by atomic mass is 10.3. The zero-order valence-corrected chi connectivity index (χ0v) is 9.41. The van der Waals surface area contributed by atoms with Crippen LogP contribution in [0.5, 0.6) is 0 Å². The van der Waals surface area contributed by atoms with Crippen molar-refractivity contribution in [1.82, 2.24) is 10.6 Å². The average Bonchev–Trinajstić information content (AvgIpc) is 3.00. The van der Waals surface area contributed by atoms with Gasteiger partial charge in [0.1, 0.15) is 0 Å². The fraction of sp³-hybridized carbons (Fsp3) is 0.900. The Morgan fingerprint density at radius 2 is 2.20 bits per heavy atom. The zero-order chi connectivity index (χ0) is 11.1. The number of nitrogens with one attached hydrogen (secondary N) is 2. The van der Waals surface area contributed by atoms with Gasteiger partial charge in [-0.1, -0.05) is 0 Å². The quantitative estimate of drug-likeness (QED) is 0.575. The topological polar surface area (TPSA) is 59.6 Å². The molecule has 88 valence electrons. The smallest absolute Gasteiger partial charge is 0.234 e. The molecule has 1 aliphatic carbocycles. The van der Waals surface area contributed by atoms with Crippen LogP contribution in [0.1, 0.15) is 12.8 Å². The molecule has 5 nitrogen and oxygen atoms in total. The molecular weight excluding hydrogens is 196 g/mol. The minimum Gasteiger partial charge on any atom is -0.382 e. The van der Waals surface area contributed by atoms with Gasteiger partial charge in [-0.2, -0.15) is 0 Å². The number of rotatable bonds is 8. The molecule has 0 aromatic heterocycles. The van der Waals surface area contributed by atoms with Gasteiger partial charge in [0, 0.05) is 26.8 Å². The van der Waals surface area contributed by atoms with Crippen molar-refractivity contribution in [3.63, 3.8) is 0 Å². The van der Waals surface area contributed by atoms with Crippen LogP contribution in [0, 0.1) is 0 Å². The summed E-state index contributed by atoms with van der Waals surface area (Å²) in [6, 6.07) is 0.427. The molecule has 1 aliphatic rings. The van der Waals surface area contributed by atoms with E-state index in [-0.39, 0.29) is 12.0 Å². The van der Waals surface area contributed by atoms with Crippen LogP contribution >= 0.6 is 0 Å². The molecule has 1 fully saturated rings. The Labute approximate surface area is 90.5 Å². The van der Waals surface area contributed by atoms with Crippen molar-refractivity contribution in [2.24, 2.45) is 0 Å². The Kier molecular flexibility index (Phi) is 5.60. The van der Waals surface area contributed by atoms with Crippen LogP contribution in [0.3, 0.4) is 0 Å². The summed E-state index contributed by atoms with van der Waals surface area (Å²) in [7, 11) is 3.27. The molecule has 0 saturated heterocycles. The summed E-state index contributed by atoms with van der Waals surface area (Å²) in [5.74, 6) is 0.0600. The van der Waals surface area contributed by atoms with Gasteiger partial charge in [0.25, 0.3) is 0 Å². The zero-order valence-electron chi connectivity index (χ0n) is 9.41. The number of hydrogen-bond acceptors (Lipinski definition) is 4. The van der Waals surface area contributed by atoms with Crippen LogP contribution in [0.2, 0.25) is 0 Å². The van der Waals surface area contributed by atoms with Crippen molar-refractivity contribution in [2.75, 3.05) is 33.9 Å². The summed E-state index contributed by atoms with van der Waals surface area (Å²) < 4.78 is 10.1. The van der Waals surface area contributed by atoms with E-state index in [4.69, 9.17) is 9.47 Å². The van der Waals surface area contributed by atoms with Crippen molar-refractivity contribution in [3.05, 3.63) is 0 Å². The first-order chi connectivity index (χ1) is 7.26. The van der Waals surface area contributed by atoms with E-state index in [0.717, 1.165) is 12.8 Å². The third kappa shape index (κ3) is 5.71. The van der Waals surface area contributed by atoms with E-state index in [9.17, 15) is 4.79 Å². The summed E-state index contributed by atoms with van der Waals surface area (Å²) in [4.78, 5) is 11.3. The molecule has 1 unspecified atom stereocenters. The van der Waals surface area contributed by atoms with E-state index in [1.54, 1.807) is 14.2 Å². The first-order valence-corrected chi connectivity index (χ1v) is 5.28. The lowest BCUT2D eigenvalue weighted by Crippen LogP contribution is -2.39. The predicted octanol–water partition coefficient (Wildman–Crippen LogP) is -0.484. The van der Waals surface area contributed by atoms with Gasteiger partial charge in [-0.05, 0) is 12.8 Å². The van der Waals surface area contributed by atoms with Crippen LogP contribution in [-0.2, 0) is 14.3 Å². The molecule has 0 bridgehead atoms. The Bertz CT molecular complexity index is 195. The summed E-state index contributed by atoms with van der Waals surface area (Å²) in [5.41, 5.74) is 0. The molecule has 0 radical (unpaired) electrons. The Hall–Kier alpha value is -0.650. The summed E-state index contributed by atoms with van der Waals surface area (Å²) in [6.07, 6.45) is 2.25. The van der Waals surface area contributed by atoms with Crippen LogP contribution < -0.4 is 10.6 Å². The van der Waals surface area contributed by atoms with Crippen molar-refractivity contribution < 1.29 is 14.3 Å². The van der Waals surface area contributed by atoms with Gasteiger partial charge in [0.2, 0.25) is 5.91 Å². The maximum absolute atomic E-state index is 11.3. The maximum atomic E-state index is 11.3. The number of amides is 1. The fourth-order valence-corrected chi connectivity index (χ4v) is 1.25. The van der Waals surface area contributed by atoms with Gasteiger partial charge >= 0.3 is 0 Å². The summed E-state index contributed by atoms with van der Waals surface area (Å²) in [6.45, 7) is 1.51. The number of hydrogen-bond donors (Lipinski definition) is 2. The fourth-order valence-electron chi connectivity index (χ4n) is 1.25. The first kappa shape index (κ1) is 12.4. The molecule has 15 heavy (non-hydrogen) atoms. The van der Waals surface area contributed by atoms with Crippen molar-refractivity contribution >= 4 is 5.91 Å². The molecule has 0 spiro atoms. The lowest BCUT2D eigenvalue weighted by Gasteiger charge is -2.14. The molecule has 5 heteroatoms. The van der Waals surface area contributed by atoms with E-state index in [2.05, 4.69) is 10.6 Å². The van der Waals surface area contributed by atoms with Gasteiger partial charge in [0.05, 0.1) is 19.3 Å². The van der Waals surface area contributed by atoms with Crippen LogP contribution in [0.15, 0.2) is 0 Å². The Morgan fingerprint density at radius 1 is 1.47 bits per heavy atom. The molecule has 1 atom stereocenters. The van der Waals surface area contributed by atoms with Gasteiger partial charge in [-0.3, -0.25) is 4.79 Å². The minimum atomic E-state index is 0.00345. The molecule has 2 N–H and O–H groups in total. The predicted molar refractivity (Wildman–Crippen MR) is 56.7 cm³/mol. The van der Waals surface area contributed by atoms with E-state index in [0.29, 0.717) is 25.7 Å². The molecule has 1 rings (SSSR count). The van der Waals surface area contributed by atoms with Gasteiger partial charge in [-0.15, -0.1) is 0 Å². The van der Waals surface area contributed by atoms with Crippen molar-refractivity contribution in [3.8, 4) is 0 Å². The second kappa shape index (κ2) is 6.76. The van der Waals surface area contributed by atoms with Crippen molar-refractivity contribution in [2.45, 2.75) is 25.0 Å². The van der Waals surface area contributed by atoms with E-state index in [1.165, 1.54) is 0 Å². The largest absolute Gasteiger partial charge is 0.382 e. The van der Waals surface area contributed by atoms with Gasteiger partial charge in [-0.25, -0.2) is 0 Å². The molecule has 0 aromatic rings. The third-order valence-electron chi connectivity index (χ3n) is 2.29. The maximum Gasteiger partial charge on any atom is 0.234 e. The van der Waals surface area contributed by atoms with Crippen LogP contribution in [0.4, 0.5) is 0 Å². The first-order valence-electron chi connectivity index (χ1n) is 5.28. The Balaban J connectivity index is 2.00. The average molecular weight is 216 g/mol. The highest BCUT2D eigenvalue weighted by molar-refractivity contribution is 5.78. The highest BCUT2D eigenvalue weighted by Crippen LogP contribution is 2.18. The second-order valence-electron chi connectivity index (χ2n) is 3.79. The number of ether oxygens (including phenoxy) is 2. The molecule has 1 saturated carbocycles. The number of carbonyl (C=O) groups excluding carboxylic acids is 1. The lowest BCUT2D eigenvalue weighted by molar-refractivity contribution is -0.120. The van der Waals surface area contributed by atoms with Gasteiger partial charge < -0.3 is 20.1 Å². The van der Waals surface area contributed by atoms with Crippen molar-refractivity contribution in [1.29, 1.82) is 0 Å². The standard InChI is InChI=1S/C10H20N2O3/c1-14-7-9(15-2)5-11-6-10(13)12-8-3-4-8/h8-9,11H,3-7H2,1-2H3,(H,12,13). The van der Waals surface area contributed by atoms with Crippen LogP contribution in [0.25, 0.3) is 0 Å². The molecule has 0 aliphatic heterocycles. The van der Waals surface area contributed by atoms with E-state index in [1.807, 2.05) is 0 Å². The van der Waals surface area contributed by atoms with Crippen LogP contribution in [-0.4, -0.2) is 52.0 Å².